The number of hydrogen-bond donors (Lipinski definition) is 1. The first-order chi connectivity index (χ1) is 11.4. The SMILES string of the molecule is COCCn1cnnc1SC(C)C(=O)c1[nH]c(C)c(C(C)=O)c1C. The number of aromatic amines is 1. The van der Waals surface area contributed by atoms with Gasteiger partial charge < -0.3 is 14.3 Å². The summed E-state index contributed by atoms with van der Waals surface area (Å²) in [6.07, 6.45) is 1.62. The Bertz CT molecular complexity index is 751. The molecule has 0 saturated heterocycles. The van der Waals surface area contributed by atoms with E-state index in [-0.39, 0.29) is 16.8 Å². The third kappa shape index (κ3) is 3.76. The van der Waals surface area contributed by atoms with Gasteiger partial charge >= 0.3 is 0 Å². The topological polar surface area (TPSA) is 89.9 Å². The van der Waals surface area contributed by atoms with E-state index in [4.69, 9.17) is 4.74 Å². The quantitative estimate of drug-likeness (QED) is 0.581. The standard InChI is InChI=1S/C16H22N4O3S/c1-9-13(11(3)21)10(2)18-14(9)15(22)12(4)24-16-19-17-8-20(16)6-7-23-5/h8,12,18H,6-7H2,1-5H3. The van der Waals surface area contributed by atoms with E-state index in [1.807, 2.05) is 11.5 Å². The van der Waals surface area contributed by atoms with Gasteiger partial charge in [-0.2, -0.15) is 0 Å². The number of carbonyl (C=O) groups excluding carboxylic acids is 2. The van der Waals surface area contributed by atoms with Gasteiger partial charge in [0.1, 0.15) is 6.33 Å². The van der Waals surface area contributed by atoms with Crippen LogP contribution in [0.2, 0.25) is 0 Å². The van der Waals surface area contributed by atoms with Crippen molar-refractivity contribution >= 4 is 23.3 Å². The van der Waals surface area contributed by atoms with Crippen molar-refractivity contribution in [2.45, 2.75) is 44.6 Å². The number of hydrogen-bond acceptors (Lipinski definition) is 6. The molecule has 2 heterocycles. The van der Waals surface area contributed by atoms with Crippen LogP contribution in [0.4, 0.5) is 0 Å². The predicted octanol–water partition coefficient (Wildman–Crippen LogP) is 2.44. The normalized spacial score (nSPS) is 12.4. The molecule has 2 aromatic rings. The molecule has 7 nitrogen and oxygen atoms in total. The fraction of sp³-hybridized carbons (Fsp3) is 0.500. The van der Waals surface area contributed by atoms with Gasteiger partial charge in [-0.1, -0.05) is 11.8 Å². The number of nitrogens with zero attached hydrogens (tertiary/aromatic N) is 3. The summed E-state index contributed by atoms with van der Waals surface area (Å²) in [6, 6.07) is 0. The number of nitrogens with one attached hydrogen (secondary N) is 1. The van der Waals surface area contributed by atoms with Crippen molar-refractivity contribution in [1.29, 1.82) is 0 Å². The molecule has 0 aliphatic rings. The van der Waals surface area contributed by atoms with Crippen molar-refractivity contribution in [3.8, 4) is 0 Å². The van der Waals surface area contributed by atoms with E-state index in [9.17, 15) is 9.59 Å². The Labute approximate surface area is 145 Å². The molecule has 1 N–H and O–H groups in total. The molecule has 8 heteroatoms. The van der Waals surface area contributed by atoms with Crippen LogP contribution < -0.4 is 0 Å². The van der Waals surface area contributed by atoms with E-state index in [1.165, 1.54) is 18.7 Å². The van der Waals surface area contributed by atoms with Crippen LogP contribution >= 0.6 is 11.8 Å². The van der Waals surface area contributed by atoms with Crippen LogP contribution in [0.1, 0.15) is 46.0 Å². The maximum absolute atomic E-state index is 12.8. The molecule has 24 heavy (non-hydrogen) atoms. The first-order valence-corrected chi connectivity index (χ1v) is 8.52. The molecule has 0 spiro atoms. The van der Waals surface area contributed by atoms with E-state index < -0.39 is 0 Å². The van der Waals surface area contributed by atoms with Gasteiger partial charge in [-0.05, 0) is 33.3 Å². The van der Waals surface area contributed by atoms with Crippen molar-refractivity contribution in [2.75, 3.05) is 13.7 Å². The third-order valence-corrected chi connectivity index (χ3v) is 4.90. The molecule has 0 aliphatic carbocycles. The summed E-state index contributed by atoms with van der Waals surface area (Å²) >= 11 is 1.34. The van der Waals surface area contributed by atoms with Gasteiger partial charge in [0, 0.05) is 24.9 Å². The molecule has 0 amide bonds. The van der Waals surface area contributed by atoms with Crippen LogP contribution in [0.25, 0.3) is 0 Å². The Morgan fingerprint density at radius 3 is 2.71 bits per heavy atom. The highest BCUT2D eigenvalue weighted by molar-refractivity contribution is 8.00. The summed E-state index contributed by atoms with van der Waals surface area (Å²) in [5.41, 5.74) is 2.52. The van der Waals surface area contributed by atoms with Gasteiger partial charge in [0.25, 0.3) is 0 Å². The lowest BCUT2D eigenvalue weighted by molar-refractivity contribution is 0.0988. The van der Waals surface area contributed by atoms with Gasteiger partial charge in [-0.15, -0.1) is 10.2 Å². The van der Waals surface area contributed by atoms with E-state index >= 15 is 0 Å². The lowest BCUT2D eigenvalue weighted by Crippen LogP contribution is -2.16. The molecule has 0 fully saturated rings. The predicted molar refractivity (Wildman–Crippen MR) is 91.8 cm³/mol. The van der Waals surface area contributed by atoms with Crippen molar-refractivity contribution in [2.24, 2.45) is 0 Å². The number of aryl methyl sites for hydroxylation is 1. The zero-order valence-corrected chi connectivity index (χ0v) is 15.4. The summed E-state index contributed by atoms with van der Waals surface area (Å²) in [5.74, 6) is -0.102. The van der Waals surface area contributed by atoms with Crippen LogP contribution in [0, 0.1) is 13.8 Å². The Morgan fingerprint density at radius 1 is 1.42 bits per heavy atom. The van der Waals surface area contributed by atoms with E-state index in [0.717, 1.165) is 5.69 Å². The minimum Gasteiger partial charge on any atom is -0.383 e. The van der Waals surface area contributed by atoms with E-state index in [2.05, 4.69) is 15.2 Å². The van der Waals surface area contributed by atoms with Gasteiger partial charge in [-0.25, -0.2) is 0 Å². The van der Waals surface area contributed by atoms with Gasteiger partial charge in [-0.3, -0.25) is 9.59 Å². The smallest absolute Gasteiger partial charge is 0.192 e. The highest BCUT2D eigenvalue weighted by Crippen LogP contribution is 2.26. The molecule has 0 aliphatic heterocycles. The number of ether oxygens (including phenoxy) is 1. The lowest BCUT2D eigenvalue weighted by Gasteiger charge is -2.11. The minimum atomic E-state index is -0.355. The lowest BCUT2D eigenvalue weighted by atomic mass is 10.0. The molecule has 2 aromatic heterocycles. The zero-order chi connectivity index (χ0) is 17.9. The number of methoxy groups -OCH3 is 1. The molecule has 0 saturated carbocycles. The molecule has 130 valence electrons. The molecule has 1 atom stereocenters. The van der Waals surface area contributed by atoms with Crippen molar-refractivity contribution < 1.29 is 14.3 Å². The average molecular weight is 350 g/mol. The second-order valence-corrected chi connectivity index (χ2v) is 6.91. The van der Waals surface area contributed by atoms with Crippen LogP contribution in [0.5, 0.6) is 0 Å². The molecule has 0 aromatic carbocycles. The van der Waals surface area contributed by atoms with Crippen LogP contribution in [0.15, 0.2) is 11.5 Å². The Morgan fingerprint density at radius 2 is 2.12 bits per heavy atom. The van der Waals surface area contributed by atoms with Crippen LogP contribution in [-0.4, -0.2) is 50.3 Å². The average Bonchev–Trinajstić information content (AvgIpc) is 3.08. The Balaban J connectivity index is 2.18. The van der Waals surface area contributed by atoms with Crippen molar-refractivity contribution in [3.63, 3.8) is 0 Å². The minimum absolute atomic E-state index is 0.0417. The molecular weight excluding hydrogens is 328 g/mol. The number of thioether (sulfide) groups is 1. The second-order valence-electron chi connectivity index (χ2n) is 5.61. The summed E-state index contributed by atoms with van der Waals surface area (Å²) in [4.78, 5) is 27.5. The Hall–Kier alpha value is -1.93. The number of carbonyl (C=O) groups is 2. The highest BCUT2D eigenvalue weighted by atomic mass is 32.2. The molecule has 0 bridgehead atoms. The number of rotatable bonds is 8. The molecular formula is C16H22N4O3S. The summed E-state index contributed by atoms with van der Waals surface area (Å²) in [5, 5.41) is 8.27. The molecule has 0 radical (unpaired) electrons. The largest absolute Gasteiger partial charge is 0.383 e. The maximum Gasteiger partial charge on any atom is 0.192 e. The number of H-pyrrole nitrogens is 1. The van der Waals surface area contributed by atoms with E-state index in [1.54, 1.807) is 27.3 Å². The second kappa shape index (κ2) is 7.76. The van der Waals surface area contributed by atoms with Crippen molar-refractivity contribution in [3.05, 3.63) is 28.8 Å². The summed E-state index contributed by atoms with van der Waals surface area (Å²) in [7, 11) is 1.63. The number of Topliss-reactive ketones (excluding diaryl/α,β-unsaturated/α-hetero) is 2. The molecule has 1 unspecified atom stereocenters. The van der Waals surface area contributed by atoms with Crippen LogP contribution in [-0.2, 0) is 11.3 Å². The monoisotopic (exact) mass is 350 g/mol. The highest BCUT2D eigenvalue weighted by Gasteiger charge is 2.25. The van der Waals surface area contributed by atoms with Gasteiger partial charge in [0.05, 0.1) is 17.6 Å². The number of aromatic nitrogens is 4. The summed E-state index contributed by atoms with van der Waals surface area (Å²) in [6.45, 7) is 8.11. The van der Waals surface area contributed by atoms with Gasteiger partial charge in [0.15, 0.2) is 16.7 Å². The fourth-order valence-corrected chi connectivity index (χ4v) is 3.53. The first kappa shape index (κ1) is 18.4. The zero-order valence-electron chi connectivity index (χ0n) is 14.5. The van der Waals surface area contributed by atoms with Gasteiger partial charge in [0.2, 0.25) is 0 Å². The van der Waals surface area contributed by atoms with Crippen molar-refractivity contribution in [1.82, 2.24) is 19.7 Å². The number of ketones is 2. The molecule has 2 rings (SSSR count). The maximum atomic E-state index is 12.8. The van der Waals surface area contributed by atoms with E-state index in [0.29, 0.717) is 35.1 Å². The Kier molecular flexibility index (Phi) is 5.95. The van der Waals surface area contributed by atoms with Crippen LogP contribution in [0.3, 0.4) is 0 Å². The first-order valence-electron chi connectivity index (χ1n) is 7.64. The fourth-order valence-electron chi connectivity index (χ4n) is 2.62. The summed E-state index contributed by atoms with van der Waals surface area (Å²) < 4.78 is 6.91. The third-order valence-electron chi connectivity index (χ3n) is 3.80.